The highest BCUT2D eigenvalue weighted by molar-refractivity contribution is 5.47. The Balaban J connectivity index is 2.25. The normalized spacial score (nSPS) is 18.9. The molecule has 2 unspecified atom stereocenters. The van der Waals surface area contributed by atoms with E-state index in [1.54, 1.807) is 14.0 Å². The highest BCUT2D eigenvalue weighted by Gasteiger charge is 2.28. The van der Waals surface area contributed by atoms with Gasteiger partial charge in [-0.15, -0.1) is 0 Å². The van der Waals surface area contributed by atoms with Gasteiger partial charge in [-0.1, -0.05) is 6.07 Å². The third kappa shape index (κ3) is 4.39. The van der Waals surface area contributed by atoms with Crippen LogP contribution in [0.2, 0.25) is 0 Å². The number of benzene rings is 1. The first-order chi connectivity index (χ1) is 11.0. The maximum absolute atomic E-state index is 9.65. The molecule has 0 heterocycles. The third-order valence-electron chi connectivity index (χ3n) is 4.71. The molecule has 1 fully saturated rings. The molecule has 2 atom stereocenters. The Hall–Kier alpha value is -1.73. The highest BCUT2D eigenvalue weighted by atomic mass is 16.5. The van der Waals surface area contributed by atoms with E-state index in [1.807, 2.05) is 25.1 Å². The molecule has 0 radical (unpaired) electrons. The van der Waals surface area contributed by atoms with E-state index in [-0.39, 0.29) is 6.10 Å². The number of methoxy groups -OCH3 is 1. The molecule has 1 N–H and O–H groups in total. The van der Waals surface area contributed by atoms with E-state index in [9.17, 15) is 10.4 Å². The first-order valence-electron chi connectivity index (χ1n) is 8.43. The lowest BCUT2D eigenvalue weighted by molar-refractivity contribution is 0.174. The molecule has 0 spiro atoms. The van der Waals surface area contributed by atoms with Crippen LogP contribution in [0, 0.1) is 11.3 Å². The second kappa shape index (κ2) is 7.70. The highest BCUT2D eigenvalue weighted by Crippen LogP contribution is 2.37. The molecule has 1 aliphatic carbocycles. The summed E-state index contributed by atoms with van der Waals surface area (Å²) in [7, 11) is 1.63. The summed E-state index contributed by atoms with van der Waals surface area (Å²) in [5.74, 6) is 1.42. The van der Waals surface area contributed by atoms with Gasteiger partial charge in [0.2, 0.25) is 0 Å². The number of hydrogen-bond acceptors (Lipinski definition) is 4. The molecule has 0 aliphatic heterocycles. The van der Waals surface area contributed by atoms with E-state index < -0.39 is 11.5 Å². The van der Waals surface area contributed by atoms with Crippen LogP contribution in [0.4, 0.5) is 0 Å². The van der Waals surface area contributed by atoms with Crippen molar-refractivity contribution in [1.29, 1.82) is 5.26 Å². The molecule has 2 rings (SSSR count). The van der Waals surface area contributed by atoms with Gasteiger partial charge in [-0.25, -0.2) is 0 Å². The SMILES string of the molecule is COc1ccc(C(C)(C#N)CCC(C)O)cc1OC1CCCC1. The van der Waals surface area contributed by atoms with Gasteiger partial charge in [-0.3, -0.25) is 0 Å². The Kier molecular flexibility index (Phi) is 5.90. The second-order valence-electron chi connectivity index (χ2n) is 6.72. The Labute approximate surface area is 139 Å². The van der Waals surface area contributed by atoms with Gasteiger partial charge in [-0.05, 0) is 70.1 Å². The van der Waals surface area contributed by atoms with Crippen LogP contribution >= 0.6 is 0 Å². The summed E-state index contributed by atoms with van der Waals surface area (Å²) >= 11 is 0. The summed E-state index contributed by atoms with van der Waals surface area (Å²) < 4.78 is 11.5. The van der Waals surface area contributed by atoms with Crippen LogP contribution in [-0.2, 0) is 5.41 Å². The third-order valence-corrected chi connectivity index (χ3v) is 4.71. The van der Waals surface area contributed by atoms with Gasteiger partial charge >= 0.3 is 0 Å². The summed E-state index contributed by atoms with van der Waals surface area (Å²) in [5, 5.41) is 19.2. The Morgan fingerprint density at radius 1 is 1.35 bits per heavy atom. The van der Waals surface area contributed by atoms with Crippen LogP contribution in [0.3, 0.4) is 0 Å². The molecule has 1 aliphatic rings. The number of hydrogen-bond donors (Lipinski definition) is 1. The van der Waals surface area contributed by atoms with Gasteiger partial charge in [0, 0.05) is 0 Å². The standard InChI is InChI=1S/C19H27NO3/c1-14(21)10-11-19(2,13-20)15-8-9-17(22-3)18(12-15)23-16-6-4-5-7-16/h8-9,12,14,16,21H,4-7,10-11H2,1-3H3. The molecular formula is C19H27NO3. The predicted molar refractivity (Wildman–Crippen MR) is 89.8 cm³/mol. The molecule has 0 bridgehead atoms. The van der Waals surface area contributed by atoms with Crippen molar-refractivity contribution in [2.45, 2.75) is 70.0 Å². The van der Waals surface area contributed by atoms with E-state index in [0.717, 1.165) is 24.2 Å². The molecular weight excluding hydrogens is 290 g/mol. The van der Waals surface area contributed by atoms with E-state index in [4.69, 9.17) is 9.47 Å². The van der Waals surface area contributed by atoms with Gasteiger partial charge < -0.3 is 14.6 Å². The second-order valence-corrected chi connectivity index (χ2v) is 6.72. The maximum atomic E-state index is 9.65. The number of aliphatic hydroxyl groups excluding tert-OH is 1. The predicted octanol–water partition coefficient (Wildman–Crippen LogP) is 3.96. The zero-order chi connectivity index (χ0) is 16.9. The first kappa shape index (κ1) is 17.6. The van der Waals surface area contributed by atoms with E-state index in [2.05, 4.69) is 6.07 Å². The van der Waals surface area contributed by atoms with Gasteiger partial charge in [0.15, 0.2) is 11.5 Å². The van der Waals surface area contributed by atoms with Gasteiger partial charge in [0.05, 0.1) is 30.8 Å². The summed E-state index contributed by atoms with van der Waals surface area (Å²) in [5.41, 5.74) is 0.270. The smallest absolute Gasteiger partial charge is 0.161 e. The van der Waals surface area contributed by atoms with Crippen LogP contribution in [0.1, 0.15) is 57.9 Å². The van der Waals surface area contributed by atoms with Crippen molar-refractivity contribution in [2.24, 2.45) is 0 Å². The Morgan fingerprint density at radius 3 is 2.61 bits per heavy atom. The average Bonchev–Trinajstić information content (AvgIpc) is 3.05. The molecule has 1 aromatic carbocycles. The Morgan fingerprint density at radius 2 is 2.04 bits per heavy atom. The minimum absolute atomic E-state index is 0.241. The number of nitriles is 1. The fourth-order valence-electron chi connectivity index (χ4n) is 3.06. The summed E-state index contributed by atoms with van der Waals surface area (Å²) in [6, 6.07) is 8.13. The maximum Gasteiger partial charge on any atom is 0.161 e. The number of ether oxygens (including phenoxy) is 2. The lowest BCUT2D eigenvalue weighted by Crippen LogP contribution is -2.22. The molecule has 126 valence electrons. The fraction of sp³-hybridized carbons (Fsp3) is 0.632. The van der Waals surface area contributed by atoms with Crippen molar-refractivity contribution in [2.75, 3.05) is 7.11 Å². The summed E-state index contributed by atoms with van der Waals surface area (Å²) in [4.78, 5) is 0. The van der Waals surface area contributed by atoms with Gasteiger partial charge in [0.25, 0.3) is 0 Å². The van der Waals surface area contributed by atoms with Crippen molar-refractivity contribution < 1.29 is 14.6 Å². The molecule has 23 heavy (non-hydrogen) atoms. The van der Waals surface area contributed by atoms with E-state index in [0.29, 0.717) is 18.6 Å². The van der Waals surface area contributed by atoms with E-state index in [1.165, 1.54) is 12.8 Å². The lowest BCUT2D eigenvalue weighted by Gasteiger charge is -2.25. The monoisotopic (exact) mass is 317 g/mol. The van der Waals surface area contributed by atoms with Crippen LogP contribution in [0.5, 0.6) is 11.5 Å². The summed E-state index contributed by atoms with van der Waals surface area (Å²) in [6.07, 6.45) is 5.59. The molecule has 0 amide bonds. The van der Waals surface area contributed by atoms with Crippen LogP contribution in [0.25, 0.3) is 0 Å². The lowest BCUT2D eigenvalue weighted by atomic mass is 9.79. The number of nitrogens with zero attached hydrogens (tertiary/aromatic N) is 1. The molecule has 0 saturated heterocycles. The van der Waals surface area contributed by atoms with Crippen molar-refractivity contribution >= 4 is 0 Å². The van der Waals surface area contributed by atoms with Gasteiger partial charge in [-0.2, -0.15) is 5.26 Å². The van der Waals surface area contributed by atoms with Crippen molar-refractivity contribution in [3.63, 3.8) is 0 Å². The fourth-order valence-corrected chi connectivity index (χ4v) is 3.06. The molecule has 0 aromatic heterocycles. The van der Waals surface area contributed by atoms with Crippen molar-refractivity contribution in [1.82, 2.24) is 0 Å². The quantitative estimate of drug-likeness (QED) is 0.827. The average molecular weight is 317 g/mol. The van der Waals surface area contributed by atoms with E-state index >= 15 is 0 Å². The van der Waals surface area contributed by atoms with Crippen LogP contribution in [0.15, 0.2) is 18.2 Å². The minimum Gasteiger partial charge on any atom is -0.493 e. The first-order valence-corrected chi connectivity index (χ1v) is 8.43. The minimum atomic E-state index is -0.642. The van der Waals surface area contributed by atoms with Gasteiger partial charge in [0.1, 0.15) is 0 Å². The molecule has 1 aromatic rings. The molecule has 4 heteroatoms. The zero-order valence-electron chi connectivity index (χ0n) is 14.3. The molecule has 1 saturated carbocycles. The van der Waals surface area contributed by atoms with Crippen LogP contribution in [-0.4, -0.2) is 24.4 Å². The topological polar surface area (TPSA) is 62.5 Å². The summed E-state index contributed by atoms with van der Waals surface area (Å²) in [6.45, 7) is 3.66. The largest absolute Gasteiger partial charge is 0.493 e. The molecule has 4 nitrogen and oxygen atoms in total. The van der Waals surface area contributed by atoms with Crippen molar-refractivity contribution in [3.05, 3.63) is 23.8 Å². The number of rotatable bonds is 7. The van der Waals surface area contributed by atoms with Crippen molar-refractivity contribution in [3.8, 4) is 17.6 Å². The van der Waals surface area contributed by atoms with Crippen LogP contribution < -0.4 is 9.47 Å². The zero-order valence-corrected chi connectivity index (χ0v) is 14.3. The number of aliphatic hydroxyl groups is 1. The Bertz CT molecular complexity index is 558.